The van der Waals surface area contributed by atoms with E-state index < -0.39 is 12.6 Å². The number of carbonyl (C=O) groups is 2. The molecule has 0 saturated carbocycles. The second kappa shape index (κ2) is 7.04. The van der Waals surface area contributed by atoms with Crippen molar-refractivity contribution in [1.82, 2.24) is 0 Å². The average Bonchev–Trinajstić information content (AvgIpc) is 2.32. The van der Waals surface area contributed by atoms with Gasteiger partial charge in [-0.05, 0) is 13.0 Å². The molecule has 1 aromatic rings. The lowest BCUT2D eigenvalue weighted by Gasteiger charge is -2.12. The van der Waals surface area contributed by atoms with Crippen LogP contribution in [0.5, 0.6) is 5.75 Å². The van der Waals surface area contributed by atoms with Crippen LogP contribution in [0.15, 0.2) is 12.1 Å². The number of ether oxygens (including phenoxy) is 2. The van der Waals surface area contributed by atoms with Crippen LogP contribution >= 0.6 is 11.6 Å². The van der Waals surface area contributed by atoms with Crippen LogP contribution in [0.3, 0.4) is 0 Å². The molecule has 0 atom stereocenters. The summed E-state index contributed by atoms with van der Waals surface area (Å²) in [5, 5.41) is -0.0294. The van der Waals surface area contributed by atoms with E-state index >= 15 is 0 Å². The maximum absolute atomic E-state index is 12.2. The van der Waals surface area contributed by atoms with E-state index in [1.165, 1.54) is 6.07 Å². The van der Waals surface area contributed by atoms with Crippen LogP contribution in [-0.4, -0.2) is 25.5 Å². The number of hydrogen-bond acceptors (Lipinski definition) is 4. The Morgan fingerprint density at radius 3 is 2.68 bits per heavy atom. The zero-order valence-corrected chi connectivity index (χ0v) is 10.7. The molecule has 0 aliphatic heterocycles. The zero-order chi connectivity index (χ0) is 14.4. The van der Waals surface area contributed by atoms with Gasteiger partial charge in [-0.25, -0.2) is 0 Å². The number of alkyl halides is 2. The molecular formula is C12H11ClF2O4. The summed E-state index contributed by atoms with van der Waals surface area (Å²) in [6.07, 6.45) is 0.178. The van der Waals surface area contributed by atoms with E-state index in [1.54, 1.807) is 6.92 Å². The fraction of sp³-hybridized carbons (Fsp3) is 0.333. The fourth-order valence-electron chi connectivity index (χ4n) is 1.42. The van der Waals surface area contributed by atoms with Crippen LogP contribution in [-0.2, 0) is 16.0 Å². The van der Waals surface area contributed by atoms with E-state index in [2.05, 4.69) is 4.74 Å². The standard InChI is InChI=1S/C12H11ClF2O4/c1-2-18-11(17)4-7-3-8(6-16)9(13)5-10(7)19-12(14)15/h3,5-6,12H,2,4H2,1H3. The summed E-state index contributed by atoms with van der Waals surface area (Å²) in [7, 11) is 0. The topological polar surface area (TPSA) is 52.6 Å². The average molecular weight is 293 g/mol. The first-order valence-corrected chi connectivity index (χ1v) is 5.73. The molecule has 0 unspecified atom stereocenters. The number of benzene rings is 1. The van der Waals surface area contributed by atoms with Crippen molar-refractivity contribution in [3.8, 4) is 5.75 Å². The quantitative estimate of drug-likeness (QED) is 0.597. The Balaban J connectivity index is 3.09. The van der Waals surface area contributed by atoms with Gasteiger partial charge in [0.05, 0.1) is 18.1 Å². The number of halogens is 3. The second-order valence-electron chi connectivity index (χ2n) is 3.46. The molecule has 4 nitrogen and oxygen atoms in total. The summed E-state index contributed by atoms with van der Waals surface area (Å²) < 4.78 is 33.5. The Morgan fingerprint density at radius 2 is 2.16 bits per heavy atom. The Bertz CT molecular complexity index is 477. The summed E-state index contributed by atoms with van der Waals surface area (Å²) in [5.41, 5.74) is 0.202. The summed E-state index contributed by atoms with van der Waals surface area (Å²) in [4.78, 5) is 22.1. The van der Waals surface area contributed by atoms with Crippen LogP contribution in [0.25, 0.3) is 0 Å². The van der Waals surface area contributed by atoms with E-state index in [0.29, 0.717) is 6.29 Å². The van der Waals surface area contributed by atoms with Crippen molar-refractivity contribution in [2.75, 3.05) is 6.61 Å². The third-order valence-corrected chi connectivity index (χ3v) is 2.49. The van der Waals surface area contributed by atoms with Crippen molar-refractivity contribution < 1.29 is 27.8 Å². The number of rotatable bonds is 6. The molecule has 0 aromatic heterocycles. The molecule has 19 heavy (non-hydrogen) atoms. The summed E-state index contributed by atoms with van der Waals surface area (Å²) >= 11 is 5.71. The first-order valence-electron chi connectivity index (χ1n) is 5.36. The molecule has 1 rings (SSSR count). The van der Waals surface area contributed by atoms with Gasteiger partial charge in [-0.2, -0.15) is 8.78 Å². The highest BCUT2D eigenvalue weighted by Crippen LogP contribution is 2.28. The molecule has 104 valence electrons. The lowest BCUT2D eigenvalue weighted by molar-refractivity contribution is -0.142. The van der Waals surface area contributed by atoms with Gasteiger partial charge < -0.3 is 9.47 Å². The lowest BCUT2D eigenvalue weighted by Crippen LogP contribution is -2.11. The van der Waals surface area contributed by atoms with Gasteiger partial charge in [-0.3, -0.25) is 9.59 Å². The first-order chi connectivity index (χ1) is 8.97. The Labute approximate surface area is 113 Å². The monoisotopic (exact) mass is 292 g/mol. The third kappa shape index (κ3) is 4.48. The van der Waals surface area contributed by atoms with E-state index in [0.717, 1.165) is 6.07 Å². The third-order valence-electron chi connectivity index (χ3n) is 2.16. The van der Waals surface area contributed by atoms with Crippen LogP contribution in [0, 0.1) is 0 Å². The summed E-state index contributed by atoms with van der Waals surface area (Å²) in [5.74, 6) is -0.862. The van der Waals surface area contributed by atoms with Gasteiger partial charge in [-0.15, -0.1) is 0 Å². The van der Waals surface area contributed by atoms with Gasteiger partial charge in [0, 0.05) is 17.2 Å². The van der Waals surface area contributed by atoms with Crippen LogP contribution < -0.4 is 4.74 Å². The van der Waals surface area contributed by atoms with Crippen LogP contribution in [0.2, 0.25) is 5.02 Å². The normalized spacial score (nSPS) is 10.4. The summed E-state index contributed by atoms with van der Waals surface area (Å²) in [6, 6.07) is 2.30. The molecule has 1 aromatic carbocycles. The fourth-order valence-corrected chi connectivity index (χ4v) is 1.62. The number of hydrogen-bond donors (Lipinski definition) is 0. The Morgan fingerprint density at radius 1 is 1.47 bits per heavy atom. The van der Waals surface area contributed by atoms with Crippen molar-refractivity contribution in [2.45, 2.75) is 20.0 Å². The van der Waals surface area contributed by atoms with E-state index in [9.17, 15) is 18.4 Å². The lowest BCUT2D eigenvalue weighted by atomic mass is 10.1. The van der Waals surface area contributed by atoms with Gasteiger partial charge in [0.15, 0.2) is 6.29 Å². The number of aldehydes is 1. The molecule has 0 bridgehead atoms. The van der Waals surface area contributed by atoms with Gasteiger partial charge in [0.1, 0.15) is 5.75 Å². The maximum atomic E-state index is 12.2. The van der Waals surface area contributed by atoms with Gasteiger partial charge in [-0.1, -0.05) is 11.6 Å². The van der Waals surface area contributed by atoms with Crippen LogP contribution in [0.4, 0.5) is 8.78 Å². The van der Waals surface area contributed by atoms with Gasteiger partial charge in [0.2, 0.25) is 0 Å². The zero-order valence-electron chi connectivity index (χ0n) is 9.99. The number of carbonyl (C=O) groups excluding carboxylic acids is 2. The van der Waals surface area contributed by atoms with E-state index in [-0.39, 0.29) is 34.9 Å². The van der Waals surface area contributed by atoms with E-state index in [1.807, 2.05) is 0 Å². The molecular weight excluding hydrogens is 282 g/mol. The minimum atomic E-state index is -3.06. The molecule has 0 aliphatic rings. The highest BCUT2D eigenvalue weighted by molar-refractivity contribution is 6.33. The van der Waals surface area contributed by atoms with E-state index in [4.69, 9.17) is 16.3 Å². The largest absolute Gasteiger partial charge is 0.466 e. The highest BCUT2D eigenvalue weighted by Gasteiger charge is 2.16. The van der Waals surface area contributed by atoms with Crippen molar-refractivity contribution in [3.63, 3.8) is 0 Å². The molecule has 0 heterocycles. The molecule has 0 fully saturated rings. The molecule has 0 amide bonds. The molecule has 0 N–H and O–H groups in total. The predicted octanol–water partition coefficient (Wildman–Crippen LogP) is 2.86. The van der Waals surface area contributed by atoms with Gasteiger partial charge in [0.25, 0.3) is 0 Å². The number of esters is 1. The predicted molar refractivity (Wildman–Crippen MR) is 63.8 cm³/mol. The molecule has 7 heteroatoms. The highest BCUT2D eigenvalue weighted by atomic mass is 35.5. The first kappa shape index (κ1) is 15.4. The Hall–Kier alpha value is -1.69. The Kier molecular flexibility index (Phi) is 5.69. The second-order valence-corrected chi connectivity index (χ2v) is 3.87. The van der Waals surface area contributed by atoms with Crippen molar-refractivity contribution >= 4 is 23.9 Å². The molecule has 0 spiro atoms. The van der Waals surface area contributed by atoms with Crippen molar-refractivity contribution in [1.29, 1.82) is 0 Å². The molecule has 0 radical (unpaired) electrons. The van der Waals surface area contributed by atoms with Crippen molar-refractivity contribution in [2.24, 2.45) is 0 Å². The SMILES string of the molecule is CCOC(=O)Cc1cc(C=O)c(Cl)cc1OC(F)F. The van der Waals surface area contributed by atoms with Gasteiger partial charge >= 0.3 is 12.6 Å². The minimum absolute atomic E-state index is 0.0294. The maximum Gasteiger partial charge on any atom is 0.387 e. The summed E-state index contributed by atoms with van der Waals surface area (Å²) in [6.45, 7) is -1.27. The molecule has 0 saturated heterocycles. The van der Waals surface area contributed by atoms with Crippen molar-refractivity contribution in [3.05, 3.63) is 28.3 Å². The minimum Gasteiger partial charge on any atom is -0.466 e. The van der Waals surface area contributed by atoms with Crippen LogP contribution in [0.1, 0.15) is 22.8 Å². The molecule has 0 aliphatic carbocycles. The smallest absolute Gasteiger partial charge is 0.387 e.